The van der Waals surface area contributed by atoms with Gasteiger partial charge in [-0.25, -0.2) is 0 Å². The predicted octanol–water partition coefficient (Wildman–Crippen LogP) is 2.12. The lowest BCUT2D eigenvalue weighted by atomic mass is 10.1. The lowest BCUT2D eigenvalue weighted by molar-refractivity contribution is -0.121. The van der Waals surface area contributed by atoms with Gasteiger partial charge in [-0.15, -0.1) is 0 Å². The van der Waals surface area contributed by atoms with Gasteiger partial charge in [-0.3, -0.25) is 4.79 Å². The summed E-state index contributed by atoms with van der Waals surface area (Å²) >= 11 is 0. The highest BCUT2D eigenvalue weighted by atomic mass is 16.1. The largest absolute Gasteiger partial charge is 0.398 e. The Balaban J connectivity index is 1.59. The van der Waals surface area contributed by atoms with Crippen LogP contribution in [0.25, 0.3) is 0 Å². The van der Waals surface area contributed by atoms with Gasteiger partial charge in [0.05, 0.1) is 6.42 Å². The quantitative estimate of drug-likeness (QED) is 0.779. The summed E-state index contributed by atoms with van der Waals surface area (Å²) in [6.07, 6.45) is 5.55. The van der Waals surface area contributed by atoms with E-state index in [1.807, 2.05) is 24.3 Å². The second-order valence-corrected chi connectivity index (χ2v) is 5.64. The Morgan fingerprint density at radius 3 is 2.39 bits per heavy atom. The number of benzene rings is 1. The van der Waals surface area contributed by atoms with Crippen molar-refractivity contribution < 1.29 is 4.79 Å². The fourth-order valence-electron chi connectivity index (χ4n) is 2.64. The molecule has 3 N–H and O–H groups in total. The van der Waals surface area contributed by atoms with E-state index in [1.54, 1.807) is 0 Å². The Hall–Kier alpha value is -1.51. The number of hydrogen-bond acceptors (Lipinski definition) is 2. The van der Waals surface area contributed by atoms with Gasteiger partial charge in [-0.1, -0.05) is 18.2 Å². The summed E-state index contributed by atoms with van der Waals surface area (Å²) < 4.78 is 0. The lowest BCUT2D eigenvalue weighted by Gasteiger charge is -2.17. The Bertz CT molecular complexity index is 438. The maximum atomic E-state index is 12.1. The minimum atomic E-state index is 0.122. The monoisotopic (exact) mass is 244 g/mol. The van der Waals surface area contributed by atoms with Crippen LogP contribution in [-0.4, -0.2) is 11.9 Å². The molecule has 0 bridgehead atoms. The zero-order valence-corrected chi connectivity index (χ0v) is 10.6. The van der Waals surface area contributed by atoms with Gasteiger partial charge in [0.15, 0.2) is 0 Å². The number of amides is 1. The van der Waals surface area contributed by atoms with E-state index < -0.39 is 0 Å². The third-order valence-electron chi connectivity index (χ3n) is 3.99. The van der Waals surface area contributed by atoms with Crippen LogP contribution >= 0.6 is 0 Å². The van der Waals surface area contributed by atoms with Gasteiger partial charge in [0.25, 0.3) is 0 Å². The molecule has 0 unspecified atom stereocenters. The van der Waals surface area contributed by atoms with Gasteiger partial charge >= 0.3 is 0 Å². The van der Waals surface area contributed by atoms with Crippen LogP contribution in [0.4, 0.5) is 5.69 Å². The maximum Gasteiger partial charge on any atom is 0.224 e. The first-order valence-corrected chi connectivity index (χ1v) is 6.87. The van der Waals surface area contributed by atoms with Gasteiger partial charge in [-0.05, 0) is 49.1 Å². The van der Waals surface area contributed by atoms with Crippen molar-refractivity contribution in [3.63, 3.8) is 0 Å². The Morgan fingerprint density at radius 2 is 1.83 bits per heavy atom. The van der Waals surface area contributed by atoms with E-state index in [9.17, 15) is 4.79 Å². The van der Waals surface area contributed by atoms with Crippen molar-refractivity contribution >= 4 is 11.6 Å². The smallest absolute Gasteiger partial charge is 0.224 e. The topological polar surface area (TPSA) is 55.1 Å². The number of rotatable bonds is 5. The molecule has 0 aliphatic heterocycles. The summed E-state index contributed by atoms with van der Waals surface area (Å²) in [5.41, 5.74) is 7.51. The fourth-order valence-corrected chi connectivity index (χ4v) is 2.64. The molecule has 3 rings (SSSR count). The zero-order chi connectivity index (χ0) is 12.5. The van der Waals surface area contributed by atoms with Crippen molar-refractivity contribution in [1.29, 1.82) is 0 Å². The van der Waals surface area contributed by atoms with Crippen molar-refractivity contribution in [2.45, 2.75) is 38.1 Å². The van der Waals surface area contributed by atoms with Crippen molar-refractivity contribution in [1.82, 2.24) is 5.32 Å². The molecule has 0 aromatic heterocycles. The number of hydrogen-bond donors (Lipinski definition) is 2. The molecule has 3 nitrogen and oxygen atoms in total. The Morgan fingerprint density at radius 1 is 1.22 bits per heavy atom. The summed E-state index contributed by atoms with van der Waals surface area (Å²) in [5.74, 6) is 1.61. The van der Waals surface area contributed by atoms with Gasteiger partial charge in [0.2, 0.25) is 5.91 Å². The van der Waals surface area contributed by atoms with E-state index in [0.29, 0.717) is 18.2 Å². The summed E-state index contributed by atoms with van der Waals surface area (Å²) in [6.45, 7) is 0. The molecular weight excluding hydrogens is 224 g/mol. The number of anilines is 1. The fraction of sp³-hybridized carbons (Fsp3) is 0.533. The van der Waals surface area contributed by atoms with Crippen LogP contribution in [0.3, 0.4) is 0 Å². The normalized spacial score (nSPS) is 18.9. The van der Waals surface area contributed by atoms with E-state index in [2.05, 4.69) is 5.32 Å². The number of para-hydroxylation sites is 1. The number of carbonyl (C=O) groups excluding carboxylic acids is 1. The molecule has 0 atom stereocenters. The summed E-state index contributed by atoms with van der Waals surface area (Å²) in [5, 5.41) is 3.22. The molecule has 0 heterocycles. The number of nitrogens with two attached hydrogens (primary N) is 1. The van der Waals surface area contributed by atoms with E-state index in [-0.39, 0.29) is 5.91 Å². The molecule has 0 spiro atoms. The highest BCUT2D eigenvalue weighted by molar-refractivity contribution is 5.80. The molecule has 2 aliphatic carbocycles. The van der Waals surface area contributed by atoms with Gasteiger partial charge < -0.3 is 11.1 Å². The molecule has 2 aliphatic rings. The van der Waals surface area contributed by atoms with E-state index in [1.165, 1.54) is 25.7 Å². The van der Waals surface area contributed by atoms with Gasteiger partial charge in [0, 0.05) is 11.7 Å². The van der Waals surface area contributed by atoms with E-state index in [4.69, 9.17) is 5.73 Å². The highest BCUT2D eigenvalue weighted by Gasteiger charge is 2.42. The molecule has 1 aromatic carbocycles. The molecule has 0 radical (unpaired) electrons. The summed E-state index contributed by atoms with van der Waals surface area (Å²) in [4.78, 5) is 12.1. The second-order valence-electron chi connectivity index (χ2n) is 5.64. The first-order valence-electron chi connectivity index (χ1n) is 6.87. The zero-order valence-electron chi connectivity index (χ0n) is 10.6. The summed E-state index contributed by atoms with van der Waals surface area (Å²) in [6, 6.07) is 8.04. The van der Waals surface area contributed by atoms with Crippen LogP contribution < -0.4 is 11.1 Å². The minimum absolute atomic E-state index is 0.122. The van der Waals surface area contributed by atoms with Crippen LogP contribution in [0.5, 0.6) is 0 Å². The van der Waals surface area contributed by atoms with Crippen LogP contribution in [0.1, 0.15) is 31.2 Å². The average Bonchev–Trinajstić information content (AvgIpc) is 3.22. The molecule has 18 heavy (non-hydrogen) atoms. The molecule has 1 aromatic rings. The molecule has 0 saturated heterocycles. The maximum absolute atomic E-state index is 12.1. The Labute approximate surface area is 108 Å². The molecule has 2 fully saturated rings. The van der Waals surface area contributed by atoms with Crippen molar-refractivity contribution in [2.75, 3.05) is 5.73 Å². The molecule has 1 amide bonds. The van der Waals surface area contributed by atoms with Crippen LogP contribution in [0.2, 0.25) is 0 Å². The SMILES string of the molecule is Nc1ccccc1CC(=O)NC(C1CC1)C1CC1. The second kappa shape index (κ2) is 4.63. The van der Waals surface area contributed by atoms with Crippen LogP contribution in [0.15, 0.2) is 24.3 Å². The molecule has 3 heteroatoms. The Kier molecular flexibility index (Phi) is 2.98. The van der Waals surface area contributed by atoms with Crippen molar-refractivity contribution in [3.8, 4) is 0 Å². The van der Waals surface area contributed by atoms with Crippen molar-refractivity contribution in [3.05, 3.63) is 29.8 Å². The average molecular weight is 244 g/mol. The molecule has 96 valence electrons. The summed E-state index contributed by atoms with van der Waals surface area (Å²) in [7, 11) is 0. The standard InChI is InChI=1S/C15H20N2O/c16-13-4-2-1-3-12(13)9-14(18)17-15(10-5-6-10)11-7-8-11/h1-4,10-11,15H,5-9,16H2,(H,17,18). The first-order chi connectivity index (χ1) is 8.74. The molecular formula is C15H20N2O. The lowest BCUT2D eigenvalue weighted by Crippen LogP contribution is -2.39. The van der Waals surface area contributed by atoms with Crippen molar-refractivity contribution in [2.24, 2.45) is 11.8 Å². The molecule has 2 saturated carbocycles. The van der Waals surface area contributed by atoms with Crippen LogP contribution in [-0.2, 0) is 11.2 Å². The van der Waals surface area contributed by atoms with E-state index in [0.717, 1.165) is 17.4 Å². The van der Waals surface area contributed by atoms with Crippen LogP contribution in [0, 0.1) is 11.8 Å². The third-order valence-corrected chi connectivity index (χ3v) is 3.99. The number of carbonyl (C=O) groups is 1. The first kappa shape index (κ1) is 11.6. The highest BCUT2D eigenvalue weighted by Crippen LogP contribution is 2.44. The van der Waals surface area contributed by atoms with Gasteiger partial charge in [0.1, 0.15) is 0 Å². The minimum Gasteiger partial charge on any atom is -0.398 e. The predicted molar refractivity (Wildman–Crippen MR) is 71.9 cm³/mol. The number of nitrogen functional groups attached to an aromatic ring is 1. The van der Waals surface area contributed by atoms with E-state index >= 15 is 0 Å². The number of nitrogens with one attached hydrogen (secondary N) is 1. The third kappa shape index (κ3) is 2.66. The van der Waals surface area contributed by atoms with Gasteiger partial charge in [-0.2, -0.15) is 0 Å².